The lowest BCUT2D eigenvalue weighted by Gasteiger charge is -1.97. The Hall–Kier alpha value is -1.38. The van der Waals surface area contributed by atoms with Crippen molar-refractivity contribution >= 4 is 5.97 Å². The molecule has 0 aliphatic carbocycles. The molecule has 0 fully saturated rings. The predicted octanol–water partition coefficient (Wildman–Crippen LogP) is 1.90. The minimum Gasteiger partial charge on any atom is -0.478 e. The number of aryl methyl sites for hydroxylation is 1. The van der Waals surface area contributed by atoms with Crippen LogP contribution in [0.5, 0.6) is 0 Å². The maximum absolute atomic E-state index is 11.8. The zero-order valence-electron chi connectivity index (χ0n) is 6.46. The summed E-state index contributed by atoms with van der Waals surface area (Å²) >= 11 is 0. The molecule has 0 heterocycles. The molecule has 1 aromatic rings. The first-order valence-electron chi connectivity index (χ1n) is 3.62. The van der Waals surface area contributed by atoms with Crippen molar-refractivity contribution in [3.8, 4) is 0 Å². The van der Waals surface area contributed by atoms with E-state index in [9.17, 15) is 9.18 Å². The molecule has 0 aliphatic heterocycles. The Morgan fingerprint density at radius 1 is 1.33 bits per heavy atom. The van der Waals surface area contributed by atoms with Gasteiger partial charge in [-0.2, -0.15) is 0 Å². The van der Waals surface area contributed by atoms with Gasteiger partial charge in [-0.25, -0.2) is 4.79 Å². The van der Waals surface area contributed by atoms with Crippen LogP contribution in [0.4, 0.5) is 4.39 Å². The van der Waals surface area contributed by atoms with Crippen LogP contribution in [0.3, 0.4) is 0 Å². The average Bonchev–Trinajstić information content (AvgIpc) is 2.06. The average molecular weight is 167 g/mol. The Balaban J connectivity index is 2.78. The highest BCUT2D eigenvalue weighted by Crippen LogP contribution is 2.04. The number of rotatable bonds is 3. The Labute approximate surface area is 69.6 Å². The summed E-state index contributed by atoms with van der Waals surface area (Å²) in [5.74, 6) is -0.957. The minimum atomic E-state index is -0.957. The molecule has 0 unspecified atom stereocenters. The maximum Gasteiger partial charge on any atom is 0.335 e. The lowest BCUT2D eigenvalue weighted by atomic mass is 10.1. The van der Waals surface area contributed by atoms with Crippen molar-refractivity contribution in [3.63, 3.8) is 0 Å². The number of carboxylic acid groups (broad SMARTS) is 1. The van der Waals surface area contributed by atoms with E-state index in [1.54, 1.807) is 12.1 Å². The fourth-order valence-electron chi connectivity index (χ4n) is 0.923. The van der Waals surface area contributed by atoms with Crippen LogP contribution >= 0.6 is 0 Å². The van der Waals surface area contributed by atoms with Crippen molar-refractivity contribution in [1.82, 2.24) is 0 Å². The molecule has 64 valence electrons. The van der Waals surface area contributed by atoms with E-state index in [-0.39, 0.29) is 5.56 Å². The molecule has 0 saturated heterocycles. The second-order valence-corrected chi connectivity index (χ2v) is 2.44. The minimum absolute atomic E-state index is 0.234. The van der Waals surface area contributed by atoms with E-state index in [2.05, 4.69) is 0 Å². The maximum atomic E-state index is 11.8. The number of alkyl halides is 1. The smallest absolute Gasteiger partial charge is 0.335 e. The zero-order valence-corrected chi connectivity index (χ0v) is 6.46. The van der Waals surface area contributed by atoms with Crippen LogP contribution in [-0.4, -0.2) is 17.8 Å². The Morgan fingerprint density at radius 3 is 2.33 bits per heavy atom. The van der Waals surface area contributed by atoms with Crippen LogP contribution in [0.15, 0.2) is 24.3 Å². The van der Waals surface area contributed by atoms with Crippen LogP contribution in [0.25, 0.3) is 0 Å². The Morgan fingerprint density at radius 2 is 1.92 bits per heavy atom. The largest absolute Gasteiger partial charge is 0.478 e. The summed E-state index contributed by atoms with van der Waals surface area (Å²) in [4.78, 5) is 10.4. The van der Waals surface area contributed by atoms with Crippen LogP contribution in [-0.2, 0) is 6.42 Å². The highest BCUT2D eigenvalue weighted by molar-refractivity contribution is 5.87. The van der Waals surface area contributed by atoms with Gasteiger partial charge < -0.3 is 5.11 Å². The first-order valence-corrected chi connectivity index (χ1v) is 3.62. The van der Waals surface area contributed by atoms with E-state index >= 15 is 0 Å². The highest BCUT2D eigenvalue weighted by atomic mass is 18.2. The molecule has 0 spiro atoms. The third kappa shape index (κ3) is 2.05. The van der Waals surface area contributed by atoms with Gasteiger partial charge in [0, 0.05) is 6.42 Å². The number of carbonyl (C=O) groups is 1. The molecule has 3 heteroatoms. The lowest BCUT2D eigenvalue weighted by Crippen LogP contribution is -1.96. The molecule has 0 amide bonds. The second kappa shape index (κ2) is 3.85. The number of hydrogen-bond acceptors (Lipinski definition) is 1. The van der Waals surface area contributed by atoms with E-state index in [1.807, 2.05) is 0 Å². The molecule has 2 nitrogen and oxygen atoms in total. The third-order valence-corrected chi connectivity index (χ3v) is 1.58. The molecule has 0 aromatic heterocycles. The van der Waals surface area contributed by atoms with E-state index in [0.29, 0.717) is 6.42 Å². The van der Waals surface area contributed by atoms with Crippen LogP contribution in [0, 0.1) is 0 Å². The van der Waals surface area contributed by atoms with Crippen LogP contribution in [0.2, 0.25) is 0 Å². The Kier molecular flexibility index (Phi) is 2.80. The van der Waals surface area contributed by atoms with Gasteiger partial charge in [0.1, 0.15) is 0 Å². The molecule has 0 atom stereocenters. The molecular formula is C9H9FO2. The number of hydrogen-bond donors (Lipinski definition) is 1. The quantitative estimate of drug-likeness (QED) is 0.746. The number of benzene rings is 1. The molecule has 12 heavy (non-hydrogen) atoms. The number of halogens is 1. The topological polar surface area (TPSA) is 37.3 Å². The summed E-state index contributed by atoms with van der Waals surface area (Å²) < 4.78 is 11.8. The zero-order chi connectivity index (χ0) is 8.97. The van der Waals surface area contributed by atoms with Gasteiger partial charge in [0.05, 0.1) is 12.2 Å². The summed E-state index contributed by atoms with van der Waals surface area (Å²) in [6.07, 6.45) is 0.347. The van der Waals surface area contributed by atoms with Crippen LogP contribution in [0.1, 0.15) is 15.9 Å². The molecule has 0 aliphatic rings. The van der Waals surface area contributed by atoms with E-state index in [0.717, 1.165) is 5.56 Å². The van der Waals surface area contributed by atoms with Crippen molar-refractivity contribution in [3.05, 3.63) is 35.4 Å². The van der Waals surface area contributed by atoms with E-state index in [4.69, 9.17) is 5.11 Å². The Bertz CT molecular complexity index is 266. The SMILES string of the molecule is O=C(O)c1ccc(CC[18F])cc1. The van der Waals surface area contributed by atoms with Gasteiger partial charge in [-0.15, -0.1) is 0 Å². The molecule has 0 saturated carbocycles. The standard InChI is InChI=1S/C9H9FO2/c10-6-5-7-1-3-8(4-2-7)9(11)12/h1-4H,5-6H2,(H,11,12)/i10-1. The molecule has 1 N–H and O–H groups in total. The first-order chi connectivity index (χ1) is 5.74. The third-order valence-electron chi connectivity index (χ3n) is 1.58. The summed E-state index contributed by atoms with van der Waals surface area (Å²) in [6, 6.07) is 6.22. The molecule has 0 bridgehead atoms. The predicted molar refractivity (Wildman–Crippen MR) is 43.1 cm³/mol. The van der Waals surface area contributed by atoms with E-state index < -0.39 is 12.6 Å². The number of aromatic carboxylic acids is 1. The first kappa shape index (κ1) is 8.71. The van der Waals surface area contributed by atoms with Gasteiger partial charge >= 0.3 is 5.97 Å². The monoisotopic (exact) mass is 167 g/mol. The van der Waals surface area contributed by atoms with Crippen molar-refractivity contribution in [1.29, 1.82) is 0 Å². The second-order valence-electron chi connectivity index (χ2n) is 2.44. The van der Waals surface area contributed by atoms with Crippen molar-refractivity contribution in [2.45, 2.75) is 6.42 Å². The summed E-state index contributed by atoms with van der Waals surface area (Å²) in [7, 11) is 0. The summed E-state index contributed by atoms with van der Waals surface area (Å²) in [6.45, 7) is -0.410. The molecule has 1 aromatic carbocycles. The molecule has 0 radical (unpaired) electrons. The van der Waals surface area contributed by atoms with Crippen molar-refractivity contribution < 1.29 is 14.3 Å². The fourth-order valence-corrected chi connectivity index (χ4v) is 0.923. The number of carboxylic acids is 1. The van der Waals surface area contributed by atoms with Gasteiger partial charge in [-0.1, -0.05) is 12.1 Å². The van der Waals surface area contributed by atoms with Gasteiger partial charge in [-0.3, -0.25) is 4.39 Å². The summed E-state index contributed by atoms with van der Waals surface area (Å²) in [5.41, 5.74) is 1.06. The van der Waals surface area contributed by atoms with Gasteiger partial charge in [0.2, 0.25) is 0 Å². The van der Waals surface area contributed by atoms with Crippen LogP contribution < -0.4 is 0 Å². The normalized spacial score (nSPS) is 9.75. The van der Waals surface area contributed by atoms with Gasteiger partial charge in [0.25, 0.3) is 0 Å². The molecule has 1 rings (SSSR count). The summed E-state index contributed by atoms with van der Waals surface area (Å²) in [5, 5.41) is 8.53. The molecular weight excluding hydrogens is 158 g/mol. The van der Waals surface area contributed by atoms with Gasteiger partial charge in [-0.05, 0) is 17.7 Å². The van der Waals surface area contributed by atoms with E-state index in [1.165, 1.54) is 12.1 Å². The van der Waals surface area contributed by atoms with Crippen molar-refractivity contribution in [2.24, 2.45) is 0 Å². The van der Waals surface area contributed by atoms with Crippen molar-refractivity contribution in [2.75, 3.05) is 6.67 Å². The lowest BCUT2D eigenvalue weighted by molar-refractivity contribution is 0.0697. The highest BCUT2D eigenvalue weighted by Gasteiger charge is 2.00. The fraction of sp³-hybridized carbons (Fsp3) is 0.222. The van der Waals surface area contributed by atoms with Gasteiger partial charge in [0.15, 0.2) is 0 Å².